The summed E-state index contributed by atoms with van der Waals surface area (Å²) in [6.07, 6.45) is 0. The van der Waals surface area contributed by atoms with Gasteiger partial charge in [0.25, 0.3) is 5.91 Å². The van der Waals surface area contributed by atoms with Crippen molar-refractivity contribution in [2.45, 2.75) is 33.0 Å². The lowest BCUT2D eigenvalue weighted by Gasteiger charge is -2.30. The van der Waals surface area contributed by atoms with Gasteiger partial charge in [0.2, 0.25) is 12.7 Å². The summed E-state index contributed by atoms with van der Waals surface area (Å²) in [5.41, 5.74) is 1.39. The normalized spacial score (nSPS) is 12.1. The van der Waals surface area contributed by atoms with Crippen LogP contribution in [0.1, 0.15) is 34.6 Å². The highest BCUT2D eigenvalue weighted by Crippen LogP contribution is 2.33. The molecule has 8 heteroatoms. The van der Waals surface area contributed by atoms with Crippen LogP contribution in [-0.4, -0.2) is 41.0 Å². The number of rotatable bonds is 8. The molecule has 0 saturated heterocycles. The van der Waals surface area contributed by atoms with Gasteiger partial charge in [0.1, 0.15) is 6.54 Å². The summed E-state index contributed by atoms with van der Waals surface area (Å²) in [5.74, 6) is 1.02. The number of ether oxygens (including phenoxy) is 2. The zero-order valence-electron chi connectivity index (χ0n) is 18.5. The minimum Gasteiger partial charge on any atom is -0.454 e. The molecular weight excluding hydrogens is 460 g/mol. The maximum absolute atomic E-state index is 13.5. The molecule has 1 aliphatic heterocycles. The summed E-state index contributed by atoms with van der Waals surface area (Å²) in [4.78, 5) is 31.1. The molecule has 0 spiro atoms. The van der Waals surface area contributed by atoms with Crippen LogP contribution in [0.15, 0.2) is 60.0 Å². The molecule has 0 N–H and O–H groups in total. The van der Waals surface area contributed by atoms with E-state index in [4.69, 9.17) is 21.1 Å². The molecule has 0 saturated carbocycles. The Labute approximate surface area is 202 Å². The Morgan fingerprint density at radius 3 is 2.58 bits per heavy atom. The molecule has 0 unspecified atom stereocenters. The predicted octanol–water partition coefficient (Wildman–Crippen LogP) is 5.21. The van der Waals surface area contributed by atoms with Crippen LogP contribution in [0, 0.1) is 0 Å². The maximum Gasteiger partial charge on any atom is 0.254 e. The molecule has 1 aliphatic rings. The van der Waals surface area contributed by atoms with Gasteiger partial charge in [-0.2, -0.15) is 0 Å². The van der Waals surface area contributed by atoms with Crippen molar-refractivity contribution in [2.75, 3.05) is 13.3 Å². The zero-order valence-corrected chi connectivity index (χ0v) is 20.1. The van der Waals surface area contributed by atoms with E-state index in [1.807, 2.05) is 49.6 Å². The molecule has 3 aromatic rings. The van der Waals surface area contributed by atoms with E-state index in [9.17, 15) is 9.59 Å². The quantitative estimate of drug-likeness (QED) is 0.440. The first-order valence-corrected chi connectivity index (χ1v) is 11.9. The predicted molar refractivity (Wildman–Crippen MR) is 129 cm³/mol. The Bertz CT molecular complexity index is 1130. The van der Waals surface area contributed by atoms with Crippen molar-refractivity contribution in [3.05, 3.63) is 81.0 Å². The van der Waals surface area contributed by atoms with Crippen LogP contribution in [0.25, 0.3) is 0 Å². The van der Waals surface area contributed by atoms with E-state index < -0.39 is 0 Å². The lowest BCUT2D eigenvalue weighted by molar-refractivity contribution is -0.133. The van der Waals surface area contributed by atoms with E-state index in [1.165, 1.54) is 0 Å². The summed E-state index contributed by atoms with van der Waals surface area (Å²) in [6, 6.07) is 16.3. The molecule has 0 radical (unpaired) electrons. The largest absolute Gasteiger partial charge is 0.454 e. The van der Waals surface area contributed by atoms with Crippen molar-refractivity contribution in [3.63, 3.8) is 0 Å². The van der Waals surface area contributed by atoms with Gasteiger partial charge in [0.05, 0.1) is 6.54 Å². The van der Waals surface area contributed by atoms with Crippen LogP contribution in [0.3, 0.4) is 0 Å². The van der Waals surface area contributed by atoms with Gasteiger partial charge < -0.3 is 19.3 Å². The number of thiophene rings is 1. The van der Waals surface area contributed by atoms with Gasteiger partial charge in [-0.05, 0) is 61.2 Å². The molecule has 0 atom stereocenters. The average molecular weight is 485 g/mol. The second-order valence-electron chi connectivity index (χ2n) is 8.05. The molecular formula is C25H25ClN2O4S. The van der Waals surface area contributed by atoms with Crippen LogP contribution in [0.5, 0.6) is 11.5 Å². The number of halogens is 1. The van der Waals surface area contributed by atoms with Gasteiger partial charge in [0, 0.05) is 28.0 Å². The van der Waals surface area contributed by atoms with Crippen molar-refractivity contribution in [1.82, 2.24) is 9.80 Å². The fourth-order valence-corrected chi connectivity index (χ4v) is 4.51. The second kappa shape index (κ2) is 10.3. The molecule has 2 amide bonds. The molecule has 1 aromatic heterocycles. The third-order valence-electron chi connectivity index (χ3n) is 5.35. The summed E-state index contributed by atoms with van der Waals surface area (Å²) in [6.45, 7) is 4.83. The number of fused-ring (bicyclic) bond motifs is 1. The van der Waals surface area contributed by atoms with Gasteiger partial charge in [-0.15, -0.1) is 11.3 Å². The summed E-state index contributed by atoms with van der Waals surface area (Å²) in [5, 5.41) is 2.47. The number of nitrogens with zero attached hydrogens (tertiary/aromatic N) is 2. The van der Waals surface area contributed by atoms with E-state index in [2.05, 4.69) is 0 Å². The molecule has 33 heavy (non-hydrogen) atoms. The van der Waals surface area contributed by atoms with Crippen molar-refractivity contribution in [1.29, 1.82) is 0 Å². The third kappa shape index (κ3) is 5.67. The van der Waals surface area contributed by atoms with Crippen LogP contribution >= 0.6 is 22.9 Å². The topological polar surface area (TPSA) is 59.1 Å². The molecule has 172 valence electrons. The number of carbonyl (C=O) groups is 2. The number of benzene rings is 2. The molecule has 0 aliphatic carbocycles. The fourth-order valence-electron chi connectivity index (χ4n) is 3.60. The van der Waals surface area contributed by atoms with E-state index in [0.29, 0.717) is 35.2 Å². The molecule has 2 heterocycles. The standard InChI is InChI=1S/C25H25ClN2O4S/c1-17(2)28(25(30)19-5-3-6-20(26)12-19)15-24(29)27(14-21-7-4-10-33-21)13-18-8-9-22-23(11-18)32-16-31-22/h3-12,17H,13-16H2,1-2H3. The molecule has 0 fully saturated rings. The Morgan fingerprint density at radius 1 is 1.03 bits per heavy atom. The Balaban J connectivity index is 1.54. The number of carbonyl (C=O) groups excluding carboxylic acids is 2. The SMILES string of the molecule is CC(C)N(CC(=O)N(Cc1ccc2c(c1)OCO2)Cc1cccs1)C(=O)c1cccc(Cl)c1. The molecule has 4 rings (SSSR count). The van der Waals surface area contributed by atoms with E-state index in [-0.39, 0.29) is 31.2 Å². The Morgan fingerprint density at radius 2 is 1.85 bits per heavy atom. The minimum absolute atomic E-state index is 0.0288. The monoisotopic (exact) mass is 484 g/mol. The van der Waals surface area contributed by atoms with Crippen LogP contribution < -0.4 is 9.47 Å². The minimum atomic E-state index is -0.222. The highest BCUT2D eigenvalue weighted by Gasteiger charge is 2.25. The maximum atomic E-state index is 13.5. The lowest BCUT2D eigenvalue weighted by atomic mass is 10.1. The van der Waals surface area contributed by atoms with Gasteiger partial charge in [0.15, 0.2) is 11.5 Å². The highest BCUT2D eigenvalue weighted by atomic mass is 35.5. The molecule has 0 bridgehead atoms. The number of hydrogen-bond donors (Lipinski definition) is 0. The first-order chi connectivity index (χ1) is 15.9. The van der Waals surface area contributed by atoms with E-state index in [1.54, 1.807) is 45.4 Å². The fraction of sp³-hybridized carbons (Fsp3) is 0.280. The van der Waals surface area contributed by atoms with Crippen molar-refractivity contribution in [3.8, 4) is 11.5 Å². The smallest absolute Gasteiger partial charge is 0.254 e. The van der Waals surface area contributed by atoms with Crippen LogP contribution in [0.4, 0.5) is 0 Å². The summed E-state index contributed by atoms with van der Waals surface area (Å²) < 4.78 is 10.9. The van der Waals surface area contributed by atoms with Gasteiger partial charge >= 0.3 is 0 Å². The average Bonchev–Trinajstić information content (AvgIpc) is 3.47. The van der Waals surface area contributed by atoms with Crippen molar-refractivity contribution < 1.29 is 19.1 Å². The number of hydrogen-bond acceptors (Lipinski definition) is 5. The Hall–Kier alpha value is -3.03. The lowest BCUT2D eigenvalue weighted by Crippen LogP contribution is -2.45. The Kier molecular flexibility index (Phi) is 7.20. The van der Waals surface area contributed by atoms with E-state index in [0.717, 1.165) is 10.4 Å². The van der Waals surface area contributed by atoms with Gasteiger partial charge in [-0.3, -0.25) is 9.59 Å². The first-order valence-electron chi connectivity index (χ1n) is 10.7. The van der Waals surface area contributed by atoms with Crippen LogP contribution in [-0.2, 0) is 17.9 Å². The summed E-state index contributed by atoms with van der Waals surface area (Å²) in [7, 11) is 0. The zero-order chi connectivity index (χ0) is 23.4. The van der Waals surface area contributed by atoms with Crippen molar-refractivity contribution in [2.24, 2.45) is 0 Å². The van der Waals surface area contributed by atoms with Crippen molar-refractivity contribution >= 4 is 34.8 Å². The first kappa shape index (κ1) is 23.1. The number of amides is 2. The van der Waals surface area contributed by atoms with E-state index >= 15 is 0 Å². The van der Waals surface area contributed by atoms with Gasteiger partial charge in [-0.1, -0.05) is 29.8 Å². The summed E-state index contributed by atoms with van der Waals surface area (Å²) >= 11 is 7.67. The highest BCUT2D eigenvalue weighted by molar-refractivity contribution is 7.09. The van der Waals surface area contributed by atoms with Gasteiger partial charge in [-0.25, -0.2) is 0 Å². The third-order valence-corrected chi connectivity index (χ3v) is 6.45. The molecule has 2 aromatic carbocycles. The molecule has 6 nitrogen and oxygen atoms in total. The second-order valence-corrected chi connectivity index (χ2v) is 9.52. The van der Waals surface area contributed by atoms with Crippen LogP contribution in [0.2, 0.25) is 5.02 Å².